The first-order chi connectivity index (χ1) is 10.2. The summed E-state index contributed by atoms with van der Waals surface area (Å²) in [6.45, 7) is 4.62. The fourth-order valence-corrected chi connectivity index (χ4v) is 1.99. The van der Waals surface area contributed by atoms with E-state index >= 15 is 0 Å². The van der Waals surface area contributed by atoms with E-state index in [0.717, 1.165) is 6.42 Å². The number of nitrogens with one attached hydrogen (secondary N) is 1. The van der Waals surface area contributed by atoms with E-state index < -0.39 is 5.97 Å². The van der Waals surface area contributed by atoms with Crippen molar-refractivity contribution >= 4 is 17.6 Å². The number of halogens is 1. The second-order valence-corrected chi connectivity index (χ2v) is 4.64. The van der Waals surface area contributed by atoms with Crippen LogP contribution in [0.1, 0.15) is 30.8 Å². The summed E-state index contributed by atoms with van der Waals surface area (Å²) in [7, 11) is 0. The lowest BCUT2D eigenvalue weighted by molar-refractivity contribution is 0.0520. The van der Waals surface area contributed by atoms with Gasteiger partial charge in [-0.25, -0.2) is 4.79 Å². The van der Waals surface area contributed by atoms with Crippen LogP contribution in [0.3, 0.4) is 0 Å². The summed E-state index contributed by atoms with van der Waals surface area (Å²) in [4.78, 5) is 11.8. The molecular weight excluding hydrogens is 294 g/mol. The summed E-state index contributed by atoms with van der Waals surface area (Å²) in [5.74, 6) is 0.0760. The average Bonchev–Trinajstić information content (AvgIpc) is 2.95. The van der Waals surface area contributed by atoms with Crippen molar-refractivity contribution in [2.24, 2.45) is 0 Å². The lowest BCUT2D eigenvalue weighted by Crippen LogP contribution is -2.06. The van der Waals surface area contributed by atoms with Gasteiger partial charge in [0.15, 0.2) is 5.69 Å². The van der Waals surface area contributed by atoms with E-state index in [1.165, 1.54) is 0 Å². The Morgan fingerprint density at radius 3 is 2.81 bits per heavy atom. The molecule has 1 N–H and O–H groups in total. The number of hydrogen-bond acceptors (Lipinski definition) is 5. The first-order valence-electron chi connectivity index (χ1n) is 6.68. The van der Waals surface area contributed by atoms with E-state index in [-0.39, 0.29) is 12.3 Å². The number of aromatic amines is 1. The Morgan fingerprint density at radius 1 is 1.33 bits per heavy atom. The molecule has 2 aromatic rings. The van der Waals surface area contributed by atoms with Crippen LogP contribution in [0.2, 0.25) is 5.02 Å². The Hall–Kier alpha value is -2.08. The molecule has 21 heavy (non-hydrogen) atoms. The van der Waals surface area contributed by atoms with Gasteiger partial charge in [-0.15, -0.1) is 5.10 Å². The normalized spacial score (nSPS) is 10.4. The molecule has 0 saturated heterocycles. The number of hydrogen-bond donors (Lipinski definition) is 1. The van der Waals surface area contributed by atoms with E-state index in [1.807, 2.05) is 6.92 Å². The van der Waals surface area contributed by atoms with Gasteiger partial charge < -0.3 is 9.47 Å². The lowest BCUT2D eigenvalue weighted by Gasteiger charge is -2.08. The Balaban J connectivity index is 2.29. The van der Waals surface area contributed by atoms with Crippen LogP contribution in [0.15, 0.2) is 18.2 Å². The molecule has 2 rings (SSSR count). The van der Waals surface area contributed by atoms with Crippen LogP contribution in [0.5, 0.6) is 5.75 Å². The zero-order valence-electron chi connectivity index (χ0n) is 11.9. The van der Waals surface area contributed by atoms with Crippen molar-refractivity contribution in [2.75, 3.05) is 13.2 Å². The molecule has 0 aliphatic heterocycles. The average molecular weight is 310 g/mol. The Bertz CT molecular complexity index is 628. The van der Waals surface area contributed by atoms with Crippen LogP contribution in [-0.2, 0) is 4.74 Å². The van der Waals surface area contributed by atoms with Gasteiger partial charge in [-0.2, -0.15) is 10.3 Å². The minimum absolute atomic E-state index is 0.134. The first-order valence-corrected chi connectivity index (χ1v) is 7.05. The highest BCUT2D eigenvalue weighted by Crippen LogP contribution is 2.30. The minimum atomic E-state index is -0.524. The number of ether oxygens (including phenoxy) is 2. The fourth-order valence-electron chi connectivity index (χ4n) is 1.75. The Labute approximate surface area is 127 Å². The molecule has 0 aliphatic rings. The van der Waals surface area contributed by atoms with Crippen LogP contribution >= 0.6 is 11.6 Å². The molecule has 0 atom stereocenters. The van der Waals surface area contributed by atoms with Crippen LogP contribution < -0.4 is 4.74 Å². The number of carbonyl (C=O) groups excluding carboxylic acids is 1. The molecule has 0 aliphatic carbocycles. The maximum Gasteiger partial charge on any atom is 0.361 e. The number of H-pyrrole nitrogens is 1. The van der Waals surface area contributed by atoms with Crippen molar-refractivity contribution in [1.82, 2.24) is 15.4 Å². The first kappa shape index (κ1) is 15.3. The monoisotopic (exact) mass is 309 g/mol. The van der Waals surface area contributed by atoms with Gasteiger partial charge in [0.1, 0.15) is 11.4 Å². The van der Waals surface area contributed by atoms with Gasteiger partial charge in [0.05, 0.1) is 18.2 Å². The predicted octanol–water partition coefficient (Wildman–Crippen LogP) is 3.09. The molecule has 0 radical (unpaired) electrons. The smallest absolute Gasteiger partial charge is 0.361 e. The summed E-state index contributed by atoms with van der Waals surface area (Å²) in [5.41, 5.74) is 1.20. The van der Waals surface area contributed by atoms with Crippen molar-refractivity contribution < 1.29 is 14.3 Å². The Kier molecular flexibility index (Phi) is 5.16. The van der Waals surface area contributed by atoms with Gasteiger partial charge in [0.25, 0.3) is 0 Å². The topological polar surface area (TPSA) is 77.1 Å². The fraction of sp³-hybridized carbons (Fsp3) is 0.357. The maximum atomic E-state index is 11.8. The number of carbonyl (C=O) groups is 1. The standard InChI is InChI=1S/C14H16ClN3O3/c1-3-7-21-11-6-5-9(8-10(11)15)12-13(17-18-16-12)14(19)20-4-2/h5-6,8H,3-4,7H2,1-2H3,(H,16,17,18). The number of rotatable bonds is 6. The summed E-state index contributed by atoms with van der Waals surface area (Å²) < 4.78 is 10.4. The van der Waals surface area contributed by atoms with Crippen molar-refractivity contribution in [3.8, 4) is 17.0 Å². The Morgan fingerprint density at radius 2 is 2.14 bits per heavy atom. The predicted molar refractivity (Wildman–Crippen MR) is 78.6 cm³/mol. The molecule has 7 heteroatoms. The van der Waals surface area contributed by atoms with E-state index in [2.05, 4.69) is 15.4 Å². The summed E-state index contributed by atoms with van der Waals surface area (Å²) in [6, 6.07) is 5.21. The van der Waals surface area contributed by atoms with E-state index in [9.17, 15) is 4.79 Å². The van der Waals surface area contributed by atoms with E-state index in [4.69, 9.17) is 21.1 Å². The van der Waals surface area contributed by atoms with Gasteiger partial charge in [-0.1, -0.05) is 18.5 Å². The number of nitrogens with zero attached hydrogens (tertiary/aromatic N) is 2. The molecule has 1 heterocycles. The zero-order valence-corrected chi connectivity index (χ0v) is 12.6. The molecule has 1 aromatic heterocycles. The molecule has 6 nitrogen and oxygen atoms in total. The minimum Gasteiger partial charge on any atom is -0.492 e. The third-order valence-electron chi connectivity index (χ3n) is 2.68. The third kappa shape index (κ3) is 3.52. The van der Waals surface area contributed by atoms with Crippen molar-refractivity contribution in [3.05, 3.63) is 28.9 Å². The van der Waals surface area contributed by atoms with Crippen LogP contribution in [0.25, 0.3) is 11.3 Å². The quantitative estimate of drug-likeness (QED) is 0.830. The maximum absolute atomic E-state index is 11.8. The summed E-state index contributed by atoms with van der Waals surface area (Å²) >= 11 is 6.18. The molecule has 1 aromatic carbocycles. The number of esters is 1. The second-order valence-electron chi connectivity index (χ2n) is 4.23. The molecule has 0 amide bonds. The summed E-state index contributed by atoms with van der Waals surface area (Å²) in [5, 5.41) is 10.7. The second kappa shape index (κ2) is 7.08. The highest BCUT2D eigenvalue weighted by Gasteiger charge is 2.19. The molecule has 0 bridgehead atoms. The largest absolute Gasteiger partial charge is 0.492 e. The molecule has 0 fully saturated rings. The van der Waals surface area contributed by atoms with E-state index in [1.54, 1.807) is 25.1 Å². The van der Waals surface area contributed by atoms with Crippen molar-refractivity contribution in [3.63, 3.8) is 0 Å². The SMILES string of the molecule is CCCOc1ccc(-c2n[nH]nc2C(=O)OCC)cc1Cl. The number of aromatic nitrogens is 3. The highest BCUT2D eigenvalue weighted by atomic mass is 35.5. The molecule has 0 spiro atoms. The highest BCUT2D eigenvalue weighted by molar-refractivity contribution is 6.32. The van der Waals surface area contributed by atoms with Gasteiger partial charge >= 0.3 is 5.97 Å². The third-order valence-corrected chi connectivity index (χ3v) is 2.98. The van der Waals surface area contributed by atoms with E-state index in [0.29, 0.717) is 28.6 Å². The van der Waals surface area contributed by atoms with Crippen molar-refractivity contribution in [1.29, 1.82) is 0 Å². The van der Waals surface area contributed by atoms with Gasteiger partial charge in [0.2, 0.25) is 0 Å². The molecular formula is C14H16ClN3O3. The van der Waals surface area contributed by atoms with Crippen molar-refractivity contribution in [2.45, 2.75) is 20.3 Å². The van der Waals surface area contributed by atoms with Gasteiger partial charge in [-0.05, 0) is 31.5 Å². The molecule has 0 saturated carbocycles. The van der Waals surface area contributed by atoms with Gasteiger partial charge in [0, 0.05) is 5.56 Å². The zero-order chi connectivity index (χ0) is 15.2. The summed E-state index contributed by atoms with van der Waals surface area (Å²) in [6.07, 6.45) is 0.897. The molecule has 112 valence electrons. The lowest BCUT2D eigenvalue weighted by atomic mass is 10.1. The van der Waals surface area contributed by atoms with Gasteiger partial charge in [-0.3, -0.25) is 0 Å². The number of benzene rings is 1. The van der Waals surface area contributed by atoms with Crippen LogP contribution in [0.4, 0.5) is 0 Å². The molecule has 0 unspecified atom stereocenters. The van der Waals surface area contributed by atoms with Crippen LogP contribution in [0, 0.1) is 0 Å². The van der Waals surface area contributed by atoms with Crippen LogP contribution in [-0.4, -0.2) is 34.6 Å².